The predicted molar refractivity (Wildman–Crippen MR) is 109 cm³/mol. The first kappa shape index (κ1) is 22.0. The third-order valence-electron chi connectivity index (χ3n) is 3.73. The van der Waals surface area contributed by atoms with E-state index >= 15 is 0 Å². The number of carbonyl (C=O) groups is 2. The second-order valence-corrected chi connectivity index (χ2v) is 7.02. The van der Waals surface area contributed by atoms with E-state index < -0.39 is 11.8 Å². The van der Waals surface area contributed by atoms with Crippen molar-refractivity contribution < 1.29 is 14.3 Å². The Kier molecular flexibility index (Phi) is 7.80. The molecule has 2 rings (SSSR count). The van der Waals surface area contributed by atoms with Gasteiger partial charge in [0.2, 0.25) is 0 Å². The van der Waals surface area contributed by atoms with Crippen LogP contribution in [0, 0.1) is 24.2 Å². The van der Waals surface area contributed by atoms with E-state index in [2.05, 4.69) is 29.8 Å². The van der Waals surface area contributed by atoms with Crippen LogP contribution in [-0.2, 0) is 16.1 Å². The minimum atomic E-state index is -0.532. The third kappa shape index (κ3) is 6.66. The van der Waals surface area contributed by atoms with Crippen LogP contribution in [0.1, 0.15) is 30.7 Å². The van der Waals surface area contributed by atoms with Crippen LogP contribution in [0.5, 0.6) is 5.75 Å². The first-order valence-corrected chi connectivity index (χ1v) is 9.30. The summed E-state index contributed by atoms with van der Waals surface area (Å²) in [5.74, 6) is -0.235. The van der Waals surface area contributed by atoms with Gasteiger partial charge in [-0.1, -0.05) is 25.4 Å². The Bertz CT molecular complexity index is 942. The van der Waals surface area contributed by atoms with E-state index in [0.29, 0.717) is 40.2 Å². The van der Waals surface area contributed by atoms with Gasteiger partial charge in [-0.3, -0.25) is 25.1 Å². The fourth-order valence-corrected chi connectivity index (χ4v) is 2.67. The van der Waals surface area contributed by atoms with Gasteiger partial charge in [-0.25, -0.2) is 0 Å². The number of nitrogens with one attached hydrogen (secondary N) is 2. The molecule has 9 heteroatoms. The van der Waals surface area contributed by atoms with Crippen molar-refractivity contribution in [3.8, 4) is 11.8 Å². The molecule has 0 bridgehead atoms. The molecule has 0 unspecified atom stereocenters. The van der Waals surface area contributed by atoms with Crippen LogP contribution < -0.4 is 15.6 Å². The molecule has 2 N–H and O–H groups in total. The highest BCUT2D eigenvalue weighted by molar-refractivity contribution is 6.31. The van der Waals surface area contributed by atoms with Crippen molar-refractivity contribution in [1.82, 2.24) is 20.6 Å². The monoisotopic (exact) mass is 415 g/mol. The number of hydrogen-bond acceptors (Lipinski definition) is 5. The van der Waals surface area contributed by atoms with Crippen molar-refractivity contribution in [3.63, 3.8) is 0 Å². The second-order valence-electron chi connectivity index (χ2n) is 6.66. The largest absolute Gasteiger partial charge is 0.484 e. The summed E-state index contributed by atoms with van der Waals surface area (Å²) in [7, 11) is 0. The molecule has 1 aromatic carbocycles. The number of ether oxygens (including phenoxy) is 1. The van der Waals surface area contributed by atoms with Crippen molar-refractivity contribution >= 4 is 29.5 Å². The lowest BCUT2D eigenvalue weighted by atomic mass is 10.2. The van der Waals surface area contributed by atoms with Gasteiger partial charge in [0, 0.05) is 18.2 Å². The fourth-order valence-electron chi connectivity index (χ4n) is 2.37. The molecule has 1 aromatic heterocycles. The maximum atomic E-state index is 11.9. The average Bonchev–Trinajstić information content (AvgIpc) is 2.95. The number of carbonyl (C=O) groups excluding carboxylic acids is 2. The van der Waals surface area contributed by atoms with Crippen molar-refractivity contribution in [2.75, 3.05) is 6.61 Å². The lowest BCUT2D eigenvalue weighted by molar-refractivity contribution is -0.128. The Morgan fingerprint density at radius 2 is 2.00 bits per heavy atom. The lowest BCUT2D eigenvalue weighted by Gasteiger charge is -2.07. The number of aromatic nitrogens is 2. The van der Waals surface area contributed by atoms with Crippen molar-refractivity contribution in [2.45, 2.75) is 27.3 Å². The van der Waals surface area contributed by atoms with Crippen molar-refractivity contribution in [1.29, 1.82) is 5.26 Å². The lowest BCUT2D eigenvalue weighted by Crippen LogP contribution is -2.43. The SMILES string of the molecule is Cc1nn(CC(C)C)c(Cl)c1/C=C/C(=O)NNC(=O)COc1ccc(C#N)cc1. The zero-order chi connectivity index (χ0) is 21.4. The molecule has 0 aliphatic rings. The summed E-state index contributed by atoms with van der Waals surface area (Å²) < 4.78 is 6.97. The zero-order valence-electron chi connectivity index (χ0n) is 16.4. The van der Waals surface area contributed by atoms with E-state index in [-0.39, 0.29) is 6.61 Å². The molecule has 0 spiro atoms. The Morgan fingerprint density at radius 3 is 2.62 bits per heavy atom. The molecule has 29 heavy (non-hydrogen) atoms. The van der Waals surface area contributed by atoms with Crippen LogP contribution in [0.3, 0.4) is 0 Å². The van der Waals surface area contributed by atoms with Gasteiger partial charge in [0.05, 0.1) is 17.3 Å². The van der Waals surface area contributed by atoms with E-state index in [1.807, 2.05) is 13.0 Å². The third-order valence-corrected chi connectivity index (χ3v) is 4.13. The van der Waals surface area contributed by atoms with Crippen LogP contribution in [0.2, 0.25) is 5.15 Å². The summed E-state index contributed by atoms with van der Waals surface area (Å²) in [5.41, 5.74) is 6.37. The smallest absolute Gasteiger partial charge is 0.276 e. The van der Waals surface area contributed by atoms with Crippen LogP contribution in [0.4, 0.5) is 0 Å². The molecule has 152 valence electrons. The van der Waals surface area contributed by atoms with Gasteiger partial charge >= 0.3 is 0 Å². The van der Waals surface area contributed by atoms with E-state index in [1.54, 1.807) is 35.0 Å². The molecule has 0 saturated heterocycles. The minimum absolute atomic E-state index is 0.289. The molecular weight excluding hydrogens is 394 g/mol. The fraction of sp³-hybridized carbons (Fsp3) is 0.300. The Morgan fingerprint density at radius 1 is 1.31 bits per heavy atom. The first-order chi connectivity index (χ1) is 13.8. The molecule has 2 amide bonds. The van der Waals surface area contributed by atoms with Crippen LogP contribution in [0.15, 0.2) is 30.3 Å². The van der Waals surface area contributed by atoms with Gasteiger partial charge in [0.25, 0.3) is 11.8 Å². The van der Waals surface area contributed by atoms with Crippen LogP contribution in [0.25, 0.3) is 6.08 Å². The Hall–Kier alpha value is -3.31. The number of nitriles is 1. The molecule has 0 radical (unpaired) electrons. The second kappa shape index (κ2) is 10.3. The summed E-state index contributed by atoms with van der Waals surface area (Å²) in [6, 6.07) is 8.31. The first-order valence-electron chi connectivity index (χ1n) is 8.93. The van der Waals surface area contributed by atoms with Crippen LogP contribution >= 0.6 is 11.6 Å². The van der Waals surface area contributed by atoms with Gasteiger partial charge in [-0.2, -0.15) is 10.4 Å². The number of benzene rings is 1. The van der Waals surface area contributed by atoms with Gasteiger partial charge in [0.15, 0.2) is 6.61 Å². The Labute approximate surface area is 174 Å². The van der Waals surface area contributed by atoms with Gasteiger partial charge in [-0.15, -0.1) is 0 Å². The molecular formula is C20H22ClN5O3. The summed E-state index contributed by atoms with van der Waals surface area (Å²) in [6.07, 6.45) is 2.81. The highest BCUT2D eigenvalue weighted by Crippen LogP contribution is 2.22. The molecule has 0 aliphatic carbocycles. The van der Waals surface area contributed by atoms with E-state index in [4.69, 9.17) is 21.6 Å². The Balaban J connectivity index is 1.82. The molecule has 0 atom stereocenters. The standard InChI is InChI=1S/C20H22ClN5O3/c1-13(2)11-26-20(21)17(14(3)25-26)8-9-18(27)23-24-19(28)12-29-16-6-4-15(10-22)5-7-16/h4-9,13H,11-12H2,1-3H3,(H,23,27)(H,24,28)/b9-8+. The minimum Gasteiger partial charge on any atom is -0.484 e. The quantitative estimate of drug-likeness (QED) is 0.533. The van der Waals surface area contributed by atoms with E-state index in [1.165, 1.54) is 6.08 Å². The predicted octanol–water partition coefficient (Wildman–Crippen LogP) is 2.61. The maximum absolute atomic E-state index is 11.9. The van der Waals surface area contributed by atoms with Crippen molar-refractivity contribution in [3.05, 3.63) is 52.3 Å². The number of rotatable bonds is 7. The highest BCUT2D eigenvalue weighted by Gasteiger charge is 2.12. The molecule has 0 fully saturated rings. The summed E-state index contributed by atoms with van der Waals surface area (Å²) in [6.45, 7) is 6.31. The highest BCUT2D eigenvalue weighted by atomic mass is 35.5. The number of aryl methyl sites for hydroxylation is 1. The van der Waals surface area contributed by atoms with Crippen molar-refractivity contribution in [2.24, 2.45) is 5.92 Å². The van der Waals surface area contributed by atoms with Gasteiger partial charge in [-0.05, 0) is 43.2 Å². The summed E-state index contributed by atoms with van der Waals surface area (Å²) in [4.78, 5) is 23.7. The number of amides is 2. The zero-order valence-corrected chi connectivity index (χ0v) is 17.2. The normalized spacial score (nSPS) is 10.8. The number of hydrogen-bond donors (Lipinski definition) is 2. The van der Waals surface area contributed by atoms with E-state index in [0.717, 1.165) is 0 Å². The van der Waals surface area contributed by atoms with Gasteiger partial charge < -0.3 is 4.74 Å². The number of hydrazine groups is 1. The summed E-state index contributed by atoms with van der Waals surface area (Å²) >= 11 is 6.32. The number of nitrogens with zero attached hydrogens (tertiary/aromatic N) is 3. The topological polar surface area (TPSA) is 109 Å². The van der Waals surface area contributed by atoms with E-state index in [9.17, 15) is 9.59 Å². The molecule has 1 heterocycles. The molecule has 0 saturated carbocycles. The molecule has 2 aromatic rings. The van der Waals surface area contributed by atoms with Crippen LogP contribution in [-0.4, -0.2) is 28.2 Å². The van der Waals surface area contributed by atoms with Gasteiger partial charge in [0.1, 0.15) is 10.9 Å². The molecule has 0 aliphatic heterocycles. The summed E-state index contributed by atoms with van der Waals surface area (Å²) in [5, 5.41) is 13.6. The average molecular weight is 416 g/mol. The number of halogens is 1. The maximum Gasteiger partial charge on any atom is 0.276 e. The molecule has 8 nitrogen and oxygen atoms in total.